The summed E-state index contributed by atoms with van der Waals surface area (Å²) in [4.78, 5) is 49.4. The van der Waals surface area contributed by atoms with E-state index in [4.69, 9.17) is 0 Å². The van der Waals surface area contributed by atoms with E-state index in [2.05, 4.69) is 44.6 Å². The summed E-state index contributed by atoms with van der Waals surface area (Å²) in [6.45, 7) is 11.2. The molecule has 1 aromatic carbocycles. The molecule has 2 heterocycles. The van der Waals surface area contributed by atoms with Gasteiger partial charge in [0.05, 0.1) is 21.5 Å². The summed E-state index contributed by atoms with van der Waals surface area (Å²) in [5.41, 5.74) is -2.19. The summed E-state index contributed by atoms with van der Waals surface area (Å²) in [6.07, 6.45) is 6.74. The first-order valence-electron chi connectivity index (χ1n) is 9.69. The standard InChI is InChI=1S/C10H4N2O4.C6H14.C5H12/c13-7-3-1-4-6(10(16)12-8(4)14)2-5(3)9(15)11-7;1-4-6(3)5-2;1-3-5-4-2/h1-2H,(H,11,13,15)(H,12,14,16);6H,4-5H2,1-3H3;3-5H2,1-2H3. The van der Waals surface area contributed by atoms with Crippen molar-refractivity contribution in [1.29, 1.82) is 0 Å². The third-order valence-electron chi connectivity index (χ3n) is 4.69. The van der Waals surface area contributed by atoms with E-state index in [0.717, 1.165) is 5.92 Å². The van der Waals surface area contributed by atoms with E-state index in [-0.39, 0.29) is 21.5 Å². The molecule has 2 N–H and O–H groups in total. The summed E-state index contributed by atoms with van der Waals surface area (Å²) in [7, 11) is 0. The van der Waals surface area contributed by atoms with Crippen molar-refractivity contribution >= 4 is 21.5 Å². The van der Waals surface area contributed by atoms with Gasteiger partial charge in [-0.25, -0.2) is 0 Å². The van der Waals surface area contributed by atoms with E-state index in [1.807, 2.05) is 0 Å². The summed E-state index contributed by atoms with van der Waals surface area (Å²) < 4.78 is 0. The van der Waals surface area contributed by atoms with E-state index < -0.39 is 22.2 Å². The van der Waals surface area contributed by atoms with Gasteiger partial charge in [-0.2, -0.15) is 0 Å². The molecular formula is C21H30N2O4. The van der Waals surface area contributed by atoms with Gasteiger partial charge in [0.25, 0.3) is 22.2 Å². The monoisotopic (exact) mass is 374 g/mol. The molecule has 27 heavy (non-hydrogen) atoms. The number of fused-ring (bicyclic) bond motifs is 2. The molecule has 6 heteroatoms. The average Bonchev–Trinajstić information content (AvgIpc) is 3.10. The molecule has 0 saturated heterocycles. The first-order chi connectivity index (χ1) is 12.8. The van der Waals surface area contributed by atoms with E-state index in [1.54, 1.807) is 0 Å². The second-order valence-electron chi connectivity index (χ2n) is 6.79. The van der Waals surface area contributed by atoms with Gasteiger partial charge in [-0.1, -0.05) is 66.7 Å². The molecule has 6 nitrogen and oxygen atoms in total. The number of rotatable bonds is 4. The number of hydrogen-bond donors (Lipinski definition) is 2. The van der Waals surface area contributed by atoms with E-state index in [9.17, 15) is 19.2 Å². The molecule has 0 bridgehead atoms. The largest absolute Gasteiger partial charge is 0.288 e. The first-order valence-corrected chi connectivity index (χ1v) is 9.69. The maximum atomic E-state index is 11.3. The van der Waals surface area contributed by atoms with Crippen molar-refractivity contribution < 1.29 is 0 Å². The van der Waals surface area contributed by atoms with Crippen LogP contribution in [0, 0.1) is 5.92 Å². The summed E-state index contributed by atoms with van der Waals surface area (Å²) in [5.74, 6) is 0.935. The molecule has 0 spiro atoms. The third kappa shape index (κ3) is 5.74. The van der Waals surface area contributed by atoms with E-state index in [0.29, 0.717) is 0 Å². The first kappa shape index (κ1) is 22.5. The zero-order chi connectivity index (χ0) is 20.6. The Balaban J connectivity index is 0.000000278. The van der Waals surface area contributed by atoms with Crippen LogP contribution >= 0.6 is 0 Å². The molecule has 0 unspecified atom stereocenters. The second kappa shape index (κ2) is 10.6. The number of aromatic amines is 2. The fraction of sp³-hybridized carbons (Fsp3) is 0.524. The van der Waals surface area contributed by atoms with Gasteiger partial charge in [0.15, 0.2) is 0 Å². The predicted molar refractivity (Wildman–Crippen MR) is 113 cm³/mol. The quantitative estimate of drug-likeness (QED) is 0.728. The molecule has 2 aromatic heterocycles. The van der Waals surface area contributed by atoms with Gasteiger partial charge in [0.2, 0.25) is 0 Å². The maximum absolute atomic E-state index is 11.3. The molecule has 3 aromatic rings. The molecule has 0 amide bonds. The lowest BCUT2D eigenvalue weighted by Crippen LogP contribution is -2.06. The molecule has 148 valence electrons. The lowest BCUT2D eigenvalue weighted by atomic mass is 10.1. The van der Waals surface area contributed by atoms with Crippen LogP contribution in [0.15, 0.2) is 31.3 Å². The van der Waals surface area contributed by atoms with Crippen LogP contribution in [0.1, 0.15) is 66.7 Å². The second-order valence-corrected chi connectivity index (χ2v) is 6.79. The molecule has 0 atom stereocenters. The van der Waals surface area contributed by atoms with Crippen LogP contribution < -0.4 is 22.2 Å². The van der Waals surface area contributed by atoms with Crippen LogP contribution in [-0.4, -0.2) is 9.97 Å². The molecule has 0 aliphatic carbocycles. The van der Waals surface area contributed by atoms with Crippen LogP contribution in [-0.2, 0) is 0 Å². The molecule has 0 aliphatic rings. The van der Waals surface area contributed by atoms with Crippen molar-refractivity contribution in [1.82, 2.24) is 9.97 Å². The van der Waals surface area contributed by atoms with Gasteiger partial charge in [0.1, 0.15) is 0 Å². The Morgan fingerprint density at radius 3 is 1.11 bits per heavy atom. The van der Waals surface area contributed by atoms with E-state index in [1.165, 1.54) is 44.2 Å². The smallest absolute Gasteiger partial charge is 0.258 e. The molecule has 0 fully saturated rings. The highest BCUT2D eigenvalue weighted by Crippen LogP contribution is 2.12. The number of nitrogens with one attached hydrogen (secondary N) is 2. The number of hydrogen-bond acceptors (Lipinski definition) is 4. The summed E-state index contributed by atoms with van der Waals surface area (Å²) in [5, 5.41) is 0.532. The van der Waals surface area contributed by atoms with Crippen molar-refractivity contribution in [3.8, 4) is 0 Å². The third-order valence-corrected chi connectivity index (χ3v) is 4.69. The molecular weight excluding hydrogens is 344 g/mol. The van der Waals surface area contributed by atoms with Gasteiger partial charge in [-0.15, -0.1) is 0 Å². The van der Waals surface area contributed by atoms with Crippen molar-refractivity contribution in [2.45, 2.75) is 66.7 Å². The predicted octanol–water partition coefficient (Wildman–Crippen LogP) is 3.60. The van der Waals surface area contributed by atoms with Crippen LogP contribution in [0.4, 0.5) is 0 Å². The number of benzene rings is 1. The summed E-state index contributed by atoms with van der Waals surface area (Å²) in [6, 6.07) is 2.54. The number of unbranched alkanes of at least 4 members (excludes halogenated alkanes) is 2. The van der Waals surface area contributed by atoms with Gasteiger partial charge in [-0.3, -0.25) is 29.1 Å². The minimum atomic E-state index is -0.546. The fourth-order valence-corrected chi connectivity index (χ4v) is 2.47. The Morgan fingerprint density at radius 2 is 0.963 bits per heavy atom. The molecule has 0 aliphatic heterocycles. The highest BCUT2D eigenvalue weighted by Gasteiger charge is 2.12. The zero-order valence-corrected chi connectivity index (χ0v) is 16.9. The molecule has 0 saturated carbocycles. The Hall–Kier alpha value is -2.50. The summed E-state index contributed by atoms with van der Waals surface area (Å²) >= 11 is 0. The lowest BCUT2D eigenvalue weighted by Gasteiger charge is -1.98. The maximum Gasteiger partial charge on any atom is 0.258 e. The zero-order valence-electron chi connectivity index (χ0n) is 16.9. The van der Waals surface area contributed by atoms with Crippen molar-refractivity contribution in [3.63, 3.8) is 0 Å². The fourth-order valence-electron chi connectivity index (χ4n) is 2.47. The average molecular weight is 374 g/mol. The minimum Gasteiger partial charge on any atom is -0.288 e. The minimum absolute atomic E-state index is 0.133. The van der Waals surface area contributed by atoms with Gasteiger partial charge in [0, 0.05) is 0 Å². The Kier molecular flexibility index (Phi) is 8.85. The Bertz CT molecular complexity index is 899. The van der Waals surface area contributed by atoms with Crippen molar-refractivity contribution in [2.75, 3.05) is 0 Å². The Labute approximate surface area is 158 Å². The number of aromatic nitrogens is 2. The Morgan fingerprint density at radius 1 is 0.667 bits per heavy atom. The van der Waals surface area contributed by atoms with Gasteiger partial charge >= 0.3 is 0 Å². The van der Waals surface area contributed by atoms with Crippen LogP contribution in [0.5, 0.6) is 0 Å². The molecule has 3 rings (SSSR count). The normalized spacial score (nSPS) is 10.6. The van der Waals surface area contributed by atoms with Crippen LogP contribution in [0.25, 0.3) is 21.5 Å². The van der Waals surface area contributed by atoms with E-state index >= 15 is 0 Å². The highest BCUT2D eigenvalue weighted by atomic mass is 16.2. The number of H-pyrrole nitrogens is 2. The topological polar surface area (TPSA) is 99.9 Å². The SMILES string of the molecule is CCC(C)CC.CCCCC.O=c1[nH]c(=O)c2cc3c(=O)[nH]c(=O)c3cc12. The van der Waals surface area contributed by atoms with Crippen molar-refractivity contribution in [2.24, 2.45) is 5.92 Å². The molecule has 0 radical (unpaired) electrons. The van der Waals surface area contributed by atoms with Gasteiger partial charge < -0.3 is 0 Å². The lowest BCUT2D eigenvalue weighted by molar-refractivity contribution is 0.544. The van der Waals surface area contributed by atoms with Crippen molar-refractivity contribution in [3.05, 3.63) is 53.5 Å². The highest BCUT2D eigenvalue weighted by molar-refractivity contribution is 5.97. The van der Waals surface area contributed by atoms with Crippen LogP contribution in [0.3, 0.4) is 0 Å². The van der Waals surface area contributed by atoms with Gasteiger partial charge in [-0.05, 0) is 18.1 Å². The van der Waals surface area contributed by atoms with Crippen LogP contribution in [0.2, 0.25) is 0 Å².